The molecule has 1 N–H and O–H groups in total. The fourth-order valence-electron chi connectivity index (χ4n) is 3.37. The third-order valence-electron chi connectivity index (χ3n) is 4.50. The average molecular weight is 361 g/mol. The molecule has 2 aromatic heterocycles. The Bertz CT molecular complexity index is 878. The smallest absolute Gasteiger partial charge is 0.258 e. The molecule has 3 aromatic rings. The minimum atomic E-state index is -0.0224. The van der Waals surface area contributed by atoms with E-state index in [1.54, 1.807) is 22.7 Å². The number of benzene rings is 1. The summed E-state index contributed by atoms with van der Waals surface area (Å²) in [4.78, 5) is 16.8. The van der Waals surface area contributed by atoms with Crippen LogP contribution in [0.4, 0.5) is 0 Å². The Kier molecular flexibility index (Phi) is 4.41. The standard InChI is InChI=1S/C18H20N2O2S2/c1-11-19-17-15(24-11)9-14(13-7-8-23-18(13)17)22-10-16(21)20-12-5-3-2-4-6-12/h7-9,12H,2-6,10H2,1H3,(H,20,21). The second kappa shape index (κ2) is 6.69. The van der Waals surface area contributed by atoms with Gasteiger partial charge in [-0.2, -0.15) is 0 Å². The zero-order valence-corrected chi connectivity index (χ0v) is 15.3. The van der Waals surface area contributed by atoms with Crippen molar-refractivity contribution in [3.63, 3.8) is 0 Å². The Balaban J connectivity index is 1.51. The maximum absolute atomic E-state index is 12.2. The molecule has 1 amide bonds. The normalized spacial score (nSPS) is 15.9. The number of hydrogen-bond acceptors (Lipinski definition) is 5. The molecule has 1 aliphatic carbocycles. The number of fused-ring (bicyclic) bond motifs is 3. The number of hydrogen-bond donors (Lipinski definition) is 1. The van der Waals surface area contributed by atoms with Crippen molar-refractivity contribution < 1.29 is 9.53 Å². The maximum atomic E-state index is 12.2. The van der Waals surface area contributed by atoms with E-state index >= 15 is 0 Å². The zero-order valence-electron chi connectivity index (χ0n) is 13.6. The number of carbonyl (C=O) groups excluding carboxylic acids is 1. The van der Waals surface area contributed by atoms with Crippen LogP contribution in [0.1, 0.15) is 37.1 Å². The minimum absolute atomic E-state index is 0.0224. The van der Waals surface area contributed by atoms with Crippen molar-refractivity contribution in [1.82, 2.24) is 10.3 Å². The lowest BCUT2D eigenvalue weighted by Crippen LogP contribution is -2.38. The fraction of sp³-hybridized carbons (Fsp3) is 0.444. The number of nitrogens with one attached hydrogen (secondary N) is 1. The quantitative estimate of drug-likeness (QED) is 0.737. The van der Waals surface area contributed by atoms with E-state index in [-0.39, 0.29) is 12.5 Å². The van der Waals surface area contributed by atoms with Gasteiger partial charge in [0, 0.05) is 17.5 Å². The summed E-state index contributed by atoms with van der Waals surface area (Å²) in [5, 5.41) is 7.24. The van der Waals surface area contributed by atoms with E-state index in [1.807, 2.05) is 24.4 Å². The Morgan fingerprint density at radius 3 is 3.04 bits per heavy atom. The van der Waals surface area contributed by atoms with E-state index in [1.165, 1.54) is 19.3 Å². The molecule has 0 bridgehead atoms. The molecule has 1 aromatic carbocycles. The maximum Gasteiger partial charge on any atom is 0.258 e. The molecule has 4 rings (SSSR count). The summed E-state index contributed by atoms with van der Waals surface area (Å²) in [5.41, 5.74) is 1.04. The van der Waals surface area contributed by atoms with E-state index in [0.29, 0.717) is 6.04 Å². The first-order chi connectivity index (χ1) is 11.7. The van der Waals surface area contributed by atoms with Crippen molar-refractivity contribution in [3.05, 3.63) is 22.5 Å². The van der Waals surface area contributed by atoms with Gasteiger partial charge in [-0.3, -0.25) is 4.79 Å². The first-order valence-corrected chi connectivity index (χ1v) is 10.1. The second-order valence-electron chi connectivity index (χ2n) is 6.31. The molecule has 4 nitrogen and oxygen atoms in total. The molecule has 24 heavy (non-hydrogen) atoms. The number of thiophene rings is 1. The van der Waals surface area contributed by atoms with Gasteiger partial charge in [-0.25, -0.2) is 4.98 Å². The molecule has 126 valence electrons. The zero-order chi connectivity index (χ0) is 16.5. The molecule has 6 heteroatoms. The van der Waals surface area contributed by atoms with Crippen molar-refractivity contribution in [3.8, 4) is 5.75 Å². The van der Waals surface area contributed by atoms with E-state index in [0.717, 1.165) is 43.9 Å². The molecule has 0 saturated heterocycles. The largest absolute Gasteiger partial charge is 0.483 e. The highest BCUT2D eigenvalue weighted by atomic mass is 32.1. The molecule has 1 fully saturated rings. The number of aromatic nitrogens is 1. The highest BCUT2D eigenvalue weighted by molar-refractivity contribution is 7.21. The molecule has 1 aliphatic rings. The number of carbonyl (C=O) groups is 1. The molecule has 0 unspecified atom stereocenters. The first kappa shape index (κ1) is 15.8. The predicted molar refractivity (Wildman–Crippen MR) is 100 cm³/mol. The van der Waals surface area contributed by atoms with Crippen LogP contribution >= 0.6 is 22.7 Å². The lowest BCUT2D eigenvalue weighted by Gasteiger charge is -2.22. The molecule has 0 radical (unpaired) electrons. The third-order valence-corrected chi connectivity index (χ3v) is 6.34. The van der Waals surface area contributed by atoms with Crippen LogP contribution in [-0.4, -0.2) is 23.5 Å². The van der Waals surface area contributed by atoms with Crippen LogP contribution in [0.15, 0.2) is 17.5 Å². The number of nitrogens with zero attached hydrogens (tertiary/aromatic N) is 1. The predicted octanol–water partition coefficient (Wildman–Crippen LogP) is 4.65. The van der Waals surface area contributed by atoms with E-state index < -0.39 is 0 Å². The molecular weight excluding hydrogens is 340 g/mol. The lowest BCUT2D eigenvalue weighted by molar-refractivity contribution is -0.124. The Hall–Kier alpha value is -1.66. The molecular formula is C18H20N2O2S2. The fourth-order valence-corrected chi connectivity index (χ4v) is 5.20. The van der Waals surface area contributed by atoms with Crippen molar-refractivity contribution in [2.45, 2.75) is 45.1 Å². The summed E-state index contributed by atoms with van der Waals surface area (Å²) < 4.78 is 8.13. The third kappa shape index (κ3) is 3.13. The molecule has 0 aliphatic heterocycles. The Labute approximate surface area is 148 Å². The summed E-state index contributed by atoms with van der Waals surface area (Å²) in [5.74, 6) is 0.757. The highest BCUT2D eigenvalue weighted by Gasteiger charge is 2.17. The average Bonchev–Trinajstić information content (AvgIpc) is 3.19. The molecule has 1 saturated carbocycles. The van der Waals surface area contributed by atoms with Crippen molar-refractivity contribution in [1.29, 1.82) is 0 Å². The monoisotopic (exact) mass is 360 g/mol. The van der Waals surface area contributed by atoms with Crippen LogP contribution in [0, 0.1) is 6.92 Å². The SMILES string of the molecule is Cc1nc2c(cc(OCC(=O)NC3CCCCC3)c3ccsc32)s1. The van der Waals surface area contributed by atoms with Gasteiger partial charge in [0.15, 0.2) is 6.61 Å². The van der Waals surface area contributed by atoms with Crippen LogP contribution in [0.5, 0.6) is 5.75 Å². The summed E-state index contributed by atoms with van der Waals surface area (Å²) in [6.45, 7) is 2.09. The molecule has 2 heterocycles. The van der Waals surface area contributed by atoms with Crippen molar-refractivity contribution in [2.24, 2.45) is 0 Å². The van der Waals surface area contributed by atoms with Crippen LogP contribution in [0.25, 0.3) is 20.3 Å². The van der Waals surface area contributed by atoms with Gasteiger partial charge in [0.2, 0.25) is 0 Å². The Morgan fingerprint density at radius 2 is 2.21 bits per heavy atom. The van der Waals surface area contributed by atoms with Gasteiger partial charge in [-0.05, 0) is 31.2 Å². The van der Waals surface area contributed by atoms with Crippen LogP contribution < -0.4 is 10.1 Å². The van der Waals surface area contributed by atoms with Gasteiger partial charge in [-0.15, -0.1) is 22.7 Å². The highest BCUT2D eigenvalue weighted by Crippen LogP contribution is 2.38. The topological polar surface area (TPSA) is 51.2 Å². The molecule has 0 atom stereocenters. The van der Waals surface area contributed by atoms with Gasteiger partial charge in [-0.1, -0.05) is 19.3 Å². The van der Waals surface area contributed by atoms with E-state index in [4.69, 9.17) is 4.74 Å². The van der Waals surface area contributed by atoms with Gasteiger partial charge in [0.1, 0.15) is 5.75 Å². The van der Waals surface area contributed by atoms with Crippen LogP contribution in [-0.2, 0) is 4.79 Å². The summed E-state index contributed by atoms with van der Waals surface area (Å²) in [7, 11) is 0. The van der Waals surface area contributed by atoms with Crippen molar-refractivity contribution >= 4 is 48.9 Å². The van der Waals surface area contributed by atoms with Crippen LogP contribution in [0.2, 0.25) is 0 Å². The summed E-state index contributed by atoms with van der Waals surface area (Å²) in [6, 6.07) is 4.38. The van der Waals surface area contributed by atoms with Gasteiger partial charge in [0.25, 0.3) is 5.91 Å². The summed E-state index contributed by atoms with van der Waals surface area (Å²) in [6.07, 6.45) is 5.89. The van der Waals surface area contributed by atoms with Gasteiger partial charge < -0.3 is 10.1 Å². The number of rotatable bonds is 4. The van der Waals surface area contributed by atoms with Gasteiger partial charge >= 0.3 is 0 Å². The van der Waals surface area contributed by atoms with E-state index in [2.05, 4.69) is 10.3 Å². The van der Waals surface area contributed by atoms with Gasteiger partial charge in [0.05, 0.1) is 19.9 Å². The van der Waals surface area contributed by atoms with Crippen molar-refractivity contribution in [2.75, 3.05) is 6.61 Å². The number of ether oxygens (including phenoxy) is 1. The summed E-state index contributed by atoms with van der Waals surface area (Å²) >= 11 is 3.33. The lowest BCUT2D eigenvalue weighted by atomic mass is 9.95. The number of aryl methyl sites for hydroxylation is 1. The first-order valence-electron chi connectivity index (χ1n) is 8.40. The number of amides is 1. The number of thiazole rings is 1. The Morgan fingerprint density at radius 1 is 1.38 bits per heavy atom. The van der Waals surface area contributed by atoms with Crippen LogP contribution in [0.3, 0.4) is 0 Å². The van der Waals surface area contributed by atoms with E-state index in [9.17, 15) is 4.79 Å². The molecule has 0 spiro atoms. The minimum Gasteiger partial charge on any atom is -0.483 e. The second-order valence-corrected chi connectivity index (χ2v) is 8.46.